The summed E-state index contributed by atoms with van der Waals surface area (Å²) in [4.78, 5) is 22.7. The van der Waals surface area contributed by atoms with E-state index in [1.54, 1.807) is 6.92 Å². The number of hydrogen-bond donors (Lipinski definition) is 1. The highest BCUT2D eigenvalue weighted by Gasteiger charge is 2.41. The number of hydrogen-bond acceptors (Lipinski definition) is 4. The largest absolute Gasteiger partial charge is 0.466 e. The Labute approximate surface area is 101 Å². The minimum absolute atomic E-state index is 0.0841. The molecule has 0 radical (unpaired) electrons. The van der Waals surface area contributed by atoms with Gasteiger partial charge in [-0.15, -0.1) is 0 Å². The van der Waals surface area contributed by atoms with Gasteiger partial charge in [0.2, 0.25) is 5.91 Å². The highest BCUT2D eigenvalue weighted by atomic mass is 16.5. The Hall–Kier alpha value is -1.10. The summed E-state index contributed by atoms with van der Waals surface area (Å²) in [5.41, 5.74) is 0. The first-order valence-corrected chi connectivity index (χ1v) is 6.29. The van der Waals surface area contributed by atoms with Gasteiger partial charge in [-0.25, -0.2) is 0 Å². The van der Waals surface area contributed by atoms with Crippen molar-refractivity contribution >= 4 is 11.9 Å². The maximum atomic E-state index is 11.6. The molecular formula is C12H19NO4. The Kier molecular flexibility index (Phi) is 3.99. The van der Waals surface area contributed by atoms with Gasteiger partial charge in [0.25, 0.3) is 0 Å². The molecule has 0 aliphatic carbocycles. The lowest BCUT2D eigenvalue weighted by atomic mass is 9.95. The van der Waals surface area contributed by atoms with Crippen LogP contribution in [0.4, 0.5) is 0 Å². The fraction of sp³-hybridized carbons (Fsp3) is 0.833. The molecule has 0 aromatic rings. The predicted octanol–water partition coefficient (Wildman–Crippen LogP) is 0.766. The minimum Gasteiger partial charge on any atom is -0.466 e. The first kappa shape index (κ1) is 12.4. The van der Waals surface area contributed by atoms with Gasteiger partial charge >= 0.3 is 5.97 Å². The van der Waals surface area contributed by atoms with Crippen molar-refractivity contribution < 1.29 is 19.1 Å². The molecule has 5 nitrogen and oxygen atoms in total. The Bertz CT molecular complexity index is 305. The molecule has 1 amide bonds. The molecule has 0 aromatic heterocycles. The van der Waals surface area contributed by atoms with Gasteiger partial charge in [0.05, 0.1) is 31.3 Å². The van der Waals surface area contributed by atoms with Crippen LogP contribution >= 0.6 is 0 Å². The molecule has 3 atom stereocenters. The molecule has 1 N–H and O–H groups in total. The number of nitrogens with one attached hydrogen (secondary N) is 1. The highest BCUT2D eigenvalue weighted by Crippen LogP contribution is 2.34. The zero-order valence-corrected chi connectivity index (χ0v) is 10.1. The fourth-order valence-electron chi connectivity index (χ4n) is 2.52. The molecule has 2 aliphatic heterocycles. The molecule has 96 valence electrons. The molecule has 2 bridgehead atoms. The van der Waals surface area contributed by atoms with Crippen LogP contribution in [0.3, 0.4) is 0 Å². The number of fused-ring (bicyclic) bond motifs is 2. The second kappa shape index (κ2) is 5.49. The fourth-order valence-corrected chi connectivity index (χ4v) is 2.52. The molecule has 3 unspecified atom stereocenters. The van der Waals surface area contributed by atoms with E-state index >= 15 is 0 Å². The molecule has 0 aromatic carbocycles. The van der Waals surface area contributed by atoms with E-state index in [-0.39, 0.29) is 36.9 Å². The number of carbonyl (C=O) groups is 2. The Morgan fingerprint density at radius 3 is 2.76 bits per heavy atom. The maximum absolute atomic E-state index is 11.6. The van der Waals surface area contributed by atoms with Crippen molar-refractivity contribution in [3.05, 3.63) is 0 Å². The van der Waals surface area contributed by atoms with Crippen LogP contribution in [0.2, 0.25) is 0 Å². The lowest BCUT2D eigenvalue weighted by Crippen LogP contribution is -2.41. The van der Waals surface area contributed by atoms with Crippen molar-refractivity contribution in [2.45, 2.75) is 57.3 Å². The van der Waals surface area contributed by atoms with Crippen LogP contribution in [0.5, 0.6) is 0 Å². The van der Waals surface area contributed by atoms with E-state index in [0.717, 1.165) is 19.3 Å². The summed E-state index contributed by atoms with van der Waals surface area (Å²) < 4.78 is 10.4. The molecule has 2 heterocycles. The standard InChI is InChI=1S/C12H19NO4/c1-2-16-12(15)6-5-11(14)13-9-7-8-3-4-10(9)17-8/h8-10H,2-7H2,1H3,(H,13,14). The van der Waals surface area contributed by atoms with Crippen molar-refractivity contribution in [3.63, 3.8) is 0 Å². The monoisotopic (exact) mass is 241 g/mol. The molecule has 0 spiro atoms. The lowest BCUT2D eigenvalue weighted by molar-refractivity contribution is -0.144. The van der Waals surface area contributed by atoms with Gasteiger partial charge < -0.3 is 14.8 Å². The summed E-state index contributed by atoms with van der Waals surface area (Å²) in [7, 11) is 0. The van der Waals surface area contributed by atoms with Gasteiger partial charge in [-0.2, -0.15) is 0 Å². The molecule has 2 fully saturated rings. The first-order chi connectivity index (χ1) is 8.19. The summed E-state index contributed by atoms with van der Waals surface area (Å²) in [6.07, 6.45) is 3.93. The van der Waals surface area contributed by atoms with E-state index in [1.807, 2.05) is 0 Å². The van der Waals surface area contributed by atoms with Crippen molar-refractivity contribution in [1.82, 2.24) is 5.32 Å². The highest BCUT2D eigenvalue weighted by molar-refractivity contribution is 5.81. The zero-order chi connectivity index (χ0) is 12.3. The molecule has 2 aliphatic rings. The second-order valence-corrected chi connectivity index (χ2v) is 4.59. The third-order valence-corrected chi connectivity index (χ3v) is 3.31. The quantitative estimate of drug-likeness (QED) is 0.722. The van der Waals surface area contributed by atoms with Gasteiger partial charge in [0.1, 0.15) is 0 Å². The second-order valence-electron chi connectivity index (χ2n) is 4.59. The maximum Gasteiger partial charge on any atom is 0.306 e. The van der Waals surface area contributed by atoms with Crippen LogP contribution in [0.15, 0.2) is 0 Å². The molecule has 17 heavy (non-hydrogen) atoms. The smallest absolute Gasteiger partial charge is 0.306 e. The summed E-state index contributed by atoms with van der Waals surface area (Å²) in [6.45, 7) is 2.12. The Morgan fingerprint density at radius 2 is 2.18 bits per heavy atom. The lowest BCUT2D eigenvalue weighted by Gasteiger charge is -2.19. The molecule has 5 heteroatoms. The van der Waals surface area contributed by atoms with Crippen LogP contribution in [0, 0.1) is 0 Å². The molecule has 0 saturated carbocycles. The number of ether oxygens (including phenoxy) is 2. The van der Waals surface area contributed by atoms with Crippen LogP contribution in [0.1, 0.15) is 39.0 Å². The van der Waals surface area contributed by atoms with Gasteiger partial charge in [0, 0.05) is 6.42 Å². The predicted molar refractivity (Wildman–Crippen MR) is 60.3 cm³/mol. The summed E-state index contributed by atoms with van der Waals surface area (Å²) in [5, 5.41) is 2.94. The molecule has 2 saturated heterocycles. The minimum atomic E-state index is -0.313. The van der Waals surface area contributed by atoms with Crippen LogP contribution in [-0.2, 0) is 19.1 Å². The zero-order valence-electron chi connectivity index (χ0n) is 10.1. The van der Waals surface area contributed by atoms with Crippen molar-refractivity contribution in [2.75, 3.05) is 6.61 Å². The topological polar surface area (TPSA) is 64.6 Å². The normalized spacial score (nSPS) is 30.3. The van der Waals surface area contributed by atoms with Gasteiger partial charge in [-0.3, -0.25) is 9.59 Å². The average molecular weight is 241 g/mol. The number of amides is 1. The van der Waals surface area contributed by atoms with Crippen molar-refractivity contribution in [3.8, 4) is 0 Å². The van der Waals surface area contributed by atoms with E-state index < -0.39 is 0 Å². The van der Waals surface area contributed by atoms with E-state index in [1.165, 1.54) is 0 Å². The van der Waals surface area contributed by atoms with Crippen molar-refractivity contribution in [2.24, 2.45) is 0 Å². The number of rotatable bonds is 5. The average Bonchev–Trinajstić information content (AvgIpc) is 2.88. The van der Waals surface area contributed by atoms with Gasteiger partial charge in [-0.05, 0) is 26.2 Å². The third kappa shape index (κ3) is 3.19. The van der Waals surface area contributed by atoms with Crippen LogP contribution < -0.4 is 5.32 Å². The molecular weight excluding hydrogens is 222 g/mol. The van der Waals surface area contributed by atoms with E-state index in [9.17, 15) is 9.59 Å². The summed E-state index contributed by atoms with van der Waals surface area (Å²) >= 11 is 0. The van der Waals surface area contributed by atoms with Crippen LogP contribution in [-0.4, -0.2) is 36.7 Å². The third-order valence-electron chi connectivity index (χ3n) is 3.31. The van der Waals surface area contributed by atoms with E-state index in [4.69, 9.17) is 9.47 Å². The van der Waals surface area contributed by atoms with Gasteiger partial charge in [-0.1, -0.05) is 0 Å². The Morgan fingerprint density at radius 1 is 1.35 bits per heavy atom. The number of carbonyl (C=O) groups excluding carboxylic acids is 2. The Balaban J connectivity index is 1.66. The SMILES string of the molecule is CCOC(=O)CCC(=O)NC1CC2CCC1O2. The van der Waals surface area contributed by atoms with Crippen LogP contribution in [0.25, 0.3) is 0 Å². The van der Waals surface area contributed by atoms with Gasteiger partial charge in [0.15, 0.2) is 0 Å². The summed E-state index contributed by atoms with van der Waals surface area (Å²) in [6, 6.07) is 0.142. The number of esters is 1. The van der Waals surface area contributed by atoms with E-state index in [0.29, 0.717) is 12.7 Å². The first-order valence-electron chi connectivity index (χ1n) is 6.29. The summed E-state index contributed by atoms with van der Waals surface area (Å²) in [5.74, 6) is -0.397. The molecule has 2 rings (SSSR count). The van der Waals surface area contributed by atoms with Crippen molar-refractivity contribution in [1.29, 1.82) is 0 Å². The van der Waals surface area contributed by atoms with E-state index in [2.05, 4.69) is 5.32 Å².